The number of aromatic nitrogens is 2. The molecule has 2 amide bonds. The quantitative estimate of drug-likeness (QED) is 0.749. The largest absolute Gasteiger partial charge is 0.355 e. The van der Waals surface area contributed by atoms with Gasteiger partial charge < -0.3 is 10.6 Å². The van der Waals surface area contributed by atoms with E-state index in [1.54, 1.807) is 4.68 Å². The number of aryl methyl sites for hydroxylation is 2. The maximum absolute atomic E-state index is 12.1. The number of rotatable bonds is 6. The van der Waals surface area contributed by atoms with Crippen molar-refractivity contribution in [2.75, 3.05) is 26.2 Å². The zero-order valence-electron chi connectivity index (χ0n) is 13.9. The molecule has 1 aromatic rings. The van der Waals surface area contributed by atoms with Gasteiger partial charge in [0.1, 0.15) is 5.15 Å². The Morgan fingerprint density at radius 3 is 2.65 bits per heavy atom. The van der Waals surface area contributed by atoms with Gasteiger partial charge in [-0.1, -0.05) is 11.6 Å². The zero-order valence-corrected chi connectivity index (χ0v) is 14.6. The molecule has 0 unspecified atom stereocenters. The highest BCUT2D eigenvalue weighted by molar-refractivity contribution is 6.30. The van der Waals surface area contributed by atoms with Gasteiger partial charge in [-0.15, -0.1) is 0 Å². The average molecular weight is 342 g/mol. The number of hydrogen-bond acceptors (Lipinski definition) is 4. The Kier molecular flexibility index (Phi) is 6.01. The van der Waals surface area contributed by atoms with Gasteiger partial charge in [0.25, 0.3) is 0 Å². The van der Waals surface area contributed by atoms with Crippen molar-refractivity contribution in [1.82, 2.24) is 25.3 Å². The summed E-state index contributed by atoms with van der Waals surface area (Å²) in [5.41, 5.74) is 1.94. The Labute approximate surface area is 141 Å². The molecule has 0 spiro atoms. The molecule has 1 saturated heterocycles. The number of amides is 2. The van der Waals surface area contributed by atoms with Crippen molar-refractivity contribution < 1.29 is 9.59 Å². The summed E-state index contributed by atoms with van der Waals surface area (Å²) in [4.78, 5) is 25.0. The third kappa shape index (κ3) is 4.45. The first-order chi connectivity index (χ1) is 10.9. The van der Waals surface area contributed by atoms with Crippen LogP contribution >= 0.6 is 11.6 Å². The van der Waals surface area contributed by atoms with Gasteiger partial charge in [0.15, 0.2) is 0 Å². The van der Waals surface area contributed by atoms with Crippen molar-refractivity contribution >= 4 is 23.4 Å². The summed E-state index contributed by atoms with van der Waals surface area (Å²) in [6.07, 6.45) is 2.01. The van der Waals surface area contributed by atoms with E-state index in [1.165, 1.54) is 6.92 Å². The van der Waals surface area contributed by atoms with Crippen LogP contribution in [0.1, 0.15) is 37.1 Å². The second-order valence-electron chi connectivity index (χ2n) is 5.87. The number of carbonyl (C=O) groups excluding carboxylic acids is 2. The van der Waals surface area contributed by atoms with E-state index < -0.39 is 0 Å². The van der Waals surface area contributed by atoms with Crippen LogP contribution in [-0.4, -0.2) is 52.7 Å². The molecule has 0 aromatic carbocycles. The molecule has 1 aliphatic rings. The van der Waals surface area contributed by atoms with Crippen LogP contribution in [0, 0.1) is 6.92 Å². The molecule has 2 N–H and O–H groups in total. The Bertz CT molecular complexity index is 587. The topological polar surface area (TPSA) is 79.3 Å². The van der Waals surface area contributed by atoms with Gasteiger partial charge in [-0.25, -0.2) is 0 Å². The van der Waals surface area contributed by atoms with Gasteiger partial charge in [-0.2, -0.15) is 5.10 Å². The van der Waals surface area contributed by atoms with Gasteiger partial charge in [-0.3, -0.25) is 19.2 Å². The molecular weight excluding hydrogens is 318 g/mol. The maximum atomic E-state index is 12.1. The average Bonchev–Trinajstić information content (AvgIpc) is 3.00. The van der Waals surface area contributed by atoms with Crippen LogP contribution in [0.15, 0.2) is 0 Å². The van der Waals surface area contributed by atoms with Gasteiger partial charge in [0.2, 0.25) is 11.8 Å². The minimum absolute atomic E-state index is 0.0417. The molecule has 2 rings (SSSR count). The number of nitrogens with one attached hydrogen (secondary N) is 2. The fraction of sp³-hybridized carbons (Fsp3) is 0.667. The Morgan fingerprint density at radius 1 is 1.35 bits per heavy atom. The number of likely N-dealkylation sites (tertiary alicyclic amines) is 1. The summed E-state index contributed by atoms with van der Waals surface area (Å²) < 4.78 is 1.68. The van der Waals surface area contributed by atoms with E-state index >= 15 is 0 Å². The summed E-state index contributed by atoms with van der Waals surface area (Å²) in [7, 11) is 1.83. The van der Waals surface area contributed by atoms with Crippen molar-refractivity contribution in [3.05, 3.63) is 16.4 Å². The second-order valence-corrected chi connectivity index (χ2v) is 6.23. The molecule has 0 saturated carbocycles. The van der Waals surface area contributed by atoms with Crippen molar-refractivity contribution in [2.24, 2.45) is 7.05 Å². The van der Waals surface area contributed by atoms with Gasteiger partial charge in [0, 0.05) is 38.7 Å². The number of halogens is 1. The van der Waals surface area contributed by atoms with Crippen LogP contribution in [0.2, 0.25) is 5.15 Å². The predicted octanol–water partition coefficient (Wildman–Crippen LogP) is 0.771. The lowest BCUT2D eigenvalue weighted by Crippen LogP contribution is -2.40. The van der Waals surface area contributed by atoms with Crippen LogP contribution in [0.4, 0.5) is 0 Å². The van der Waals surface area contributed by atoms with E-state index in [1.807, 2.05) is 14.0 Å². The SMILES string of the molecule is CC(=O)NCCNC(=O)CN1CCC[C@H]1c1c(C)nn(C)c1Cl. The van der Waals surface area contributed by atoms with E-state index in [-0.39, 0.29) is 17.9 Å². The fourth-order valence-electron chi connectivity index (χ4n) is 3.05. The normalized spacial score (nSPS) is 18.2. The Morgan fingerprint density at radius 2 is 2.04 bits per heavy atom. The van der Waals surface area contributed by atoms with Crippen LogP contribution in [0.3, 0.4) is 0 Å². The summed E-state index contributed by atoms with van der Waals surface area (Å²) >= 11 is 6.36. The van der Waals surface area contributed by atoms with E-state index in [4.69, 9.17) is 11.6 Å². The van der Waals surface area contributed by atoms with Gasteiger partial charge >= 0.3 is 0 Å². The van der Waals surface area contributed by atoms with E-state index in [9.17, 15) is 9.59 Å². The Hall–Kier alpha value is -1.60. The molecule has 0 bridgehead atoms. The first-order valence-corrected chi connectivity index (χ1v) is 8.22. The zero-order chi connectivity index (χ0) is 17.0. The highest BCUT2D eigenvalue weighted by Crippen LogP contribution is 2.37. The van der Waals surface area contributed by atoms with E-state index in [0.717, 1.165) is 30.6 Å². The first-order valence-electron chi connectivity index (χ1n) is 7.84. The third-order valence-electron chi connectivity index (χ3n) is 4.06. The van der Waals surface area contributed by atoms with Crippen molar-refractivity contribution in [3.8, 4) is 0 Å². The molecule has 1 aromatic heterocycles. The van der Waals surface area contributed by atoms with Crippen molar-refractivity contribution in [1.29, 1.82) is 0 Å². The molecule has 2 heterocycles. The lowest BCUT2D eigenvalue weighted by atomic mass is 10.1. The monoisotopic (exact) mass is 341 g/mol. The molecule has 128 valence electrons. The highest BCUT2D eigenvalue weighted by Gasteiger charge is 2.32. The summed E-state index contributed by atoms with van der Waals surface area (Å²) in [6.45, 7) is 5.48. The third-order valence-corrected chi connectivity index (χ3v) is 4.51. The molecule has 8 heteroatoms. The maximum Gasteiger partial charge on any atom is 0.234 e. The fourth-order valence-corrected chi connectivity index (χ4v) is 3.35. The number of carbonyl (C=O) groups is 2. The molecule has 23 heavy (non-hydrogen) atoms. The molecule has 0 aliphatic carbocycles. The lowest BCUT2D eigenvalue weighted by molar-refractivity contribution is -0.123. The highest BCUT2D eigenvalue weighted by atomic mass is 35.5. The van der Waals surface area contributed by atoms with Crippen LogP contribution in [0.25, 0.3) is 0 Å². The van der Waals surface area contributed by atoms with Crippen molar-refractivity contribution in [3.63, 3.8) is 0 Å². The van der Waals surface area contributed by atoms with Crippen LogP contribution < -0.4 is 10.6 Å². The summed E-state index contributed by atoms with van der Waals surface area (Å²) in [6, 6.07) is 0.136. The molecular formula is C15H24ClN5O2. The summed E-state index contributed by atoms with van der Waals surface area (Å²) in [5.74, 6) is -0.138. The van der Waals surface area contributed by atoms with Gasteiger partial charge in [-0.05, 0) is 26.3 Å². The Balaban J connectivity index is 1.91. The molecule has 7 nitrogen and oxygen atoms in total. The summed E-state index contributed by atoms with van der Waals surface area (Å²) in [5, 5.41) is 10.5. The lowest BCUT2D eigenvalue weighted by Gasteiger charge is -2.24. The van der Waals surface area contributed by atoms with Crippen LogP contribution in [0.5, 0.6) is 0 Å². The number of nitrogens with zero attached hydrogens (tertiary/aromatic N) is 3. The minimum Gasteiger partial charge on any atom is -0.355 e. The smallest absolute Gasteiger partial charge is 0.234 e. The number of hydrogen-bond donors (Lipinski definition) is 2. The van der Waals surface area contributed by atoms with Gasteiger partial charge in [0.05, 0.1) is 12.2 Å². The van der Waals surface area contributed by atoms with E-state index in [2.05, 4.69) is 20.6 Å². The van der Waals surface area contributed by atoms with Crippen LogP contribution in [-0.2, 0) is 16.6 Å². The standard InChI is InChI=1S/C15H24ClN5O2/c1-10-14(15(16)20(3)19-10)12-5-4-8-21(12)9-13(23)18-7-6-17-11(2)22/h12H,4-9H2,1-3H3,(H,17,22)(H,18,23)/t12-/m0/s1. The predicted molar refractivity (Wildman–Crippen MR) is 88.2 cm³/mol. The van der Waals surface area contributed by atoms with Crippen molar-refractivity contribution in [2.45, 2.75) is 32.7 Å². The minimum atomic E-state index is -0.0967. The molecule has 0 radical (unpaired) electrons. The van der Waals surface area contributed by atoms with E-state index in [0.29, 0.717) is 24.8 Å². The molecule has 1 fully saturated rings. The molecule has 1 atom stereocenters. The molecule has 1 aliphatic heterocycles. The second kappa shape index (κ2) is 7.79. The first kappa shape index (κ1) is 17.7.